The van der Waals surface area contributed by atoms with Crippen molar-refractivity contribution in [1.29, 1.82) is 0 Å². The van der Waals surface area contributed by atoms with Crippen LogP contribution < -0.4 is 4.74 Å². The summed E-state index contributed by atoms with van der Waals surface area (Å²) >= 11 is 0. The smallest absolute Gasteiger partial charge is 0.240 e. The van der Waals surface area contributed by atoms with Gasteiger partial charge in [0, 0.05) is 12.5 Å². The number of para-hydroxylation sites is 1. The zero-order valence-corrected chi connectivity index (χ0v) is 12.3. The molecule has 2 aromatic carbocycles. The molecular weight excluding hydrogens is 276 g/mol. The van der Waals surface area contributed by atoms with Crippen LogP contribution >= 0.6 is 0 Å². The van der Waals surface area contributed by atoms with Gasteiger partial charge >= 0.3 is 0 Å². The van der Waals surface area contributed by atoms with Crippen molar-refractivity contribution in [2.75, 3.05) is 6.61 Å². The van der Waals surface area contributed by atoms with Gasteiger partial charge in [-0.15, -0.1) is 0 Å². The molecule has 4 heteroatoms. The average molecular weight is 292 g/mol. The van der Waals surface area contributed by atoms with E-state index in [2.05, 4.69) is 5.10 Å². The molecule has 0 radical (unpaired) electrons. The van der Waals surface area contributed by atoms with Crippen LogP contribution in [0.15, 0.2) is 59.7 Å². The van der Waals surface area contributed by atoms with E-state index in [1.165, 1.54) is 0 Å². The molecule has 2 aliphatic heterocycles. The highest BCUT2D eigenvalue weighted by Crippen LogP contribution is 2.42. The average Bonchev–Trinajstić information content (AvgIpc) is 2.96. The summed E-state index contributed by atoms with van der Waals surface area (Å²) in [6.07, 6.45) is 0. The quantitative estimate of drug-likeness (QED) is 0.811. The molecule has 0 aliphatic carbocycles. The predicted octanol–water partition coefficient (Wildman–Crippen LogP) is 3.00. The maximum absolute atomic E-state index is 12.1. The first kappa shape index (κ1) is 13.1. The van der Waals surface area contributed by atoms with E-state index >= 15 is 0 Å². The van der Waals surface area contributed by atoms with Crippen LogP contribution in [0, 0.1) is 5.92 Å². The fourth-order valence-electron chi connectivity index (χ4n) is 3.27. The second-order valence-corrected chi connectivity index (χ2v) is 5.62. The van der Waals surface area contributed by atoms with Crippen LogP contribution in [0.4, 0.5) is 0 Å². The van der Waals surface area contributed by atoms with E-state index in [-0.39, 0.29) is 17.9 Å². The maximum Gasteiger partial charge on any atom is 0.240 e. The Bertz CT molecular complexity index is 755. The highest BCUT2D eigenvalue weighted by atomic mass is 16.5. The van der Waals surface area contributed by atoms with Gasteiger partial charge in [0.1, 0.15) is 5.75 Å². The normalized spacial score (nSPS) is 22.4. The molecule has 22 heavy (non-hydrogen) atoms. The Morgan fingerprint density at radius 3 is 2.64 bits per heavy atom. The van der Waals surface area contributed by atoms with E-state index in [1.807, 2.05) is 54.6 Å². The summed E-state index contributed by atoms with van der Waals surface area (Å²) in [6.45, 7) is 2.10. The van der Waals surface area contributed by atoms with Crippen molar-refractivity contribution in [3.05, 3.63) is 65.7 Å². The van der Waals surface area contributed by atoms with E-state index in [0.29, 0.717) is 6.61 Å². The number of ether oxygens (including phenoxy) is 1. The first-order chi connectivity index (χ1) is 10.8. The number of amides is 1. The zero-order valence-electron chi connectivity index (χ0n) is 12.3. The van der Waals surface area contributed by atoms with E-state index in [1.54, 1.807) is 11.9 Å². The number of hydrogen-bond acceptors (Lipinski definition) is 3. The van der Waals surface area contributed by atoms with E-state index in [9.17, 15) is 4.79 Å². The van der Waals surface area contributed by atoms with Gasteiger partial charge in [0.25, 0.3) is 0 Å². The van der Waals surface area contributed by atoms with Crippen molar-refractivity contribution >= 4 is 11.6 Å². The number of hydrogen-bond donors (Lipinski definition) is 0. The molecule has 0 saturated carbocycles. The summed E-state index contributed by atoms with van der Waals surface area (Å²) in [4.78, 5) is 12.1. The fraction of sp³-hybridized carbons (Fsp3) is 0.222. The highest BCUT2D eigenvalue weighted by Gasteiger charge is 2.43. The van der Waals surface area contributed by atoms with Crippen molar-refractivity contribution in [3.8, 4) is 5.75 Å². The summed E-state index contributed by atoms with van der Waals surface area (Å²) in [7, 11) is 0. The summed E-state index contributed by atoms with van der Waals surface area (Å²) in [6, 6.07) is 17.8. The van der Waals surface area contributed by atoms with E-state index in [0.717, 1.165) is 22.6 Å². The summed E-state index contributed by atoms with van der Waals surface area (Å²) in [5, 5.41) is 6.23. The van der Waals surface area contributed by atoms with Crippen LogP contribution in [-0.2, 0) is 4.79 Å². The van der Waals surface area contributed by atoms with E-state index in [4.69, 9.17) is 4.74 Å². The molecule has 0 aromatic heterocycles. The van der Waals surface area contributed by atoms with Crippen LogP contribution in [0.5, 0.6) is 5.75 Å². The minimum absolute atomic E-state index is 0.0479. The third-order valence-corrected chi connectivity index (χ3v) is 4.26. The van der Waals surface area contributed by atoms with E-state index < -0.39 is 0 Å². The number of nitrogens with zero attached hydrogens (tertiary/aromatic N) is 2. The molecule has 0 unspecified atom stereocenters. The number of carbonyl (C=O) groups excluding carboxylic acids is 1. The second-order valence-electron chi connectivity index (χ2n) is 5.62. The molecule has 2 aliphatic rings. The third-order valence-electron chi connectivity index (χ3n) is 4.26. The monoisotopic (exact) mass is 292 g/mol. The molecule has 1 amide bonds. The van der Waals surface area contributed by atoms with Gasteiger partial charge in [-0.1, -0.05) is 42.5 Å². The number of rotatable bonds is 1. The Morgan fingerprint density at radius 1 is 1.14 bits per heavy atom. The molecule has 2 heterocycles. The molecule has 110 valence electrons. The molecular formula is C18H16N2O2. The lowest BCUT2D eigenvalue weighted by Gasteiger charge is -2.29. The van der Waals surface area contributed by atoms with Gasteiger partial charge in [-0.2, -0.15) is 5.10 Å². The van der Waals surface area contributed by atoms with Crippen molar-refractivity contribution in [3.63, 3.8) is 0 Å². The molecule has 0 bridgehead atoms. The summed E-state index contributed by atoms with van der Waals surface area (Å²) < 4.78 is 5.90. The Kier molecular flexibility index (Phi) is 2.96. The molecule has 0 N–H and O–H groups in total. The zero-order chi connectivity index (χ0) is 15.1. The van der Waals surface area contributed by atoms with Crippen LogP contribution in [0.1, 0.15) is 24.1 Å². The fourth-order valence-corrected chi connectivity index (χ4v) is 3.27. The van der Waals surface area contributed by atoms with Crippen LogP contribution in [0.25, 0.3) is 0 Å². The molecule has 4 rings (SSSR count). The van der Waals surface area contributed by atoms with Gasteiger partial charge in [0.15, 0.2) is 0 Å². The van der Waals surface area contributed by atoms with Crippen molar-refractivity contribution < 1.29 is 9.53 Å². The Morgan fingerprint density at radius 2 is 1.86 bits per heavy atom. The van der Waals surface area contributed by atoms with Gasteiger partial charge in [-0.05, 0) is 17.7 Å². The largest absolute Gasteiger partial charge is 0.492 e. The first-order valence-electron chi connectivity index (χ1n) is 7.41. The van der Waals surface area contributed by atoms with Crippen LogP contribution in [0.2, 0.25) is 0 Å². The second kappa shape index (κ2) is 4.98. The predicted molar refractivity (Wildman–Crippen MR) is 83.7 cm³/mol. The van der Waals surface area contributed by atoms with Crippen LogP contribution in [0.3, 0.4) is 0 Å². The lowest BCUT2D eigenvalue weighted by molar-refractivity contribution is -0.131. The lowest BCUT2D eigenvalue weighted by atomic mass is 9.86. The number of fused-ring (bicyclic) bond motifs is 3. The van der Waals surface area contributed by atoms with Crippen LogP contribution in [-0.4, -0.2) is 23.2 Å². The Labute approximate surface area is 129 Å². The van der Waals surface area contributed by atoms with Crippen molar-refractivity contribution in [1.82, 2.24) is 5.01 Å². The lowest BCUT2D eigenvalue weighted by Crippen LogP contribution is -2.34. The SMILES string of the molecule is CC(=O)N1N=C2c3ccccc3OC[C@H]2[C@H]1c1ccccc1. The molecule has 0 fully saturated rings. The standard InChI is InChI=1S/C18H16N2O2/c1-12(21)20-18(13-7-3-2-4-8-13)15-11-22-16-10-6-5-9-14(16)17(15)19-20/h2-10,15,18H,11H2,1H3/t15-,18-/m1/s1. The first-order valence-corrected chi connectivity index (χ1v) is 7.41. The molecule has 0 saturated heterocycles. The minimum atomic E-state index is -0.0953. The number of carbonyl (C=O) groups is 1. The molecule has 0 spiro atoms. The number of benzene rings is 2. The van der Waals surface area contributed by atoms with Gasteiger partial charge in [-0.3, -0.25) is 4.79 Å². The van der Waals surface area contributed by atoms with Gasteiger partial charge in [0.2, 0.25) is 5.91 Å². The van der Waals surface area contributed by atoms with Crippen molar-refractivity contribution in [2.24, 2.45) is 11.0 Å². The summed E-state index contributed by atoms with van der Waals surface area (Å²) in [5.41, 5.74) is 3.03. The summed E-state index contributed by atoms with van der Waals surface area (Å²) in [5.74, 6) is 0.865. The highest BCUT2D eigenvalue weighted by molar-refractivity contribution is 6.07. The third kappa shape index (κ3) is 1.91. The number of hydrazone groups is 1. The Balaban J connectivity index is 1.82. The Hall–Kier alpha value is -2.62. The topological polar surface area (TPSA) is 41.9 Å². The van der Waals surface area contributed by atoms with Gasteiger partial charge in [-0.25, -0.2) is 5.01 Å². The maximum atomic E-state index is 12.1. The van der Waals surface area contributed by atoms with Gasteiger partial charge < -0.3 is 4.74 Å². The van der Waals surface area contributed by atoms with Gasteiger partial charge in [0.05, 0.1) is 24.3 Å². The molecule has 2 atom stereocenters. The molecule has 4 nitrogen and oxygen atoms in total. The van der Waals surface area contributed by atoms with Crippen molar-refractivity contribution in [2.45, 2.75) is 13.0 Å². The molecule has 2 aromatic rings. The minimum Gasteiger partial charge on any atom is -0.492 e.